The summed E-state index contributed by atoms with van der Waals surface area (Å²) in [6.07, 6.45) is 7.87. The minimum Gasteiger partial charge on any atom is -0.369 e. The van der Waals surface area contributed by atoms with Gasteiger partial charge in [-0.25, -0.2) is 9.37 Å². The van der Waals surface area contributed by atoms with E-state index in [0.29, 0.717) is 23.8 Å². The number of imidazole rings is 1. The van der Waals surface area contributed by atoms with Crippen LogP contribution in [0, 0.1) is 11.7 Å². The van der Waals surface area contributed by atoms with Crippen molar-refractivity contribution >= 4 is 11.6 Å². The molecule has 0 aliphatic carbocycles. The lowest BCUT2D eigenvalue weighted by Crippen LogP contribution is -2.39. The van der Waals surface area contributed by atoms with Crippen molar-refractivity contribution < 1.29 is 9.18 Å². The van der Waals surface area contributed by atoms with Gasteiger partial charge in [-0.3, -0.25) is 9.78 Å². The monoisotopic (exact) mass is 317 g/mol. The number of pyridine rings is 1. The minimum atomic E-state index is -0.282. The molecule has 3 heterocycles. The Kier molecular flexibility index (Phi) is 4.55. The molecular formula is C16H20FN5O. The zero-order valence-corrected chi connectivity index (χ0v) is 13.1. The number of piperidine rings is 1. The molecule has 122 valence electrons. The van der Waals surface area contributed by atoms with Crippen LogP contribution >= 0.6 is 0 Å². The van der Waals surface area contributed by atoms with Gasteiger partial charge in [0.2, 0.25) is 0 Å². The summed E-state index contributed by atoms with van der Waals surface area (Å²) in [5.41, 5.74) is 1.17. The Morgan fingerprint density at radius 3 is 2.78 bits per heavy atom. The third-order valence-corrected chi connectivity index (χ3v) is 4.31. The summed E-state index contributed by atoms with van der Waals surface area (Å²) in [5.74, 6) is 0.0244. The molecule has 0 bridgehead atoms. The summed E-state index contributed by atoms with van der Waals surface area (Å²) in [4.78, 5) is 21.8. The SMILES string of the molecule is Cn1cncc1C(=O)NCC1CCN(c2ccncc2F)CC1. The lowest BCUT2D eigenvalue weighted by atomic mass is 9.96. The Hall–Kier alpha value is -2.44. The predicted molar refractivity (Wildman–Crippen MR) is 84.7 cm³/mol. The number of aromatic nitrogens is 3. The van der Waals surface area contributed by atoms with Crippen LogP contribution in [0.25, 0.3) is 0 Å². The molecule has 0 spiro atoms. The first-order valence-electron chi connectivity index (χ1n) is 7.74. The zero-order valence-electron chi connectivity index (χ0n) is 13.1. The molecule has 2 aromatic rings. The second kappa shape index (κ2) is 6.76. The highest BCUT2D eigenvalue weighted by Gasteiger charge is 2.22. The Balaban J connectivity index is 1.49. The van der Waals surface area contributed by atoms with Gasteiger partial charge in [-0.1, -0.05) is 0 Å². The van der Waals surface area contributed by atoms with E-state index in [0.717, 1.165) is 25.9 Å². The molecule has 0 saturated carbocycles. The van der Waals surface area contributed by atoms with Crippen LogP contribution in [0.2, 0.25) is 0 Å². The Morgan fingerprint density at radius 1 is 1.35 bits per heavy atom. The van der Waals surface area contributed by atoms with Gasteiger partial charge in [0.1, 0.15) is 5.69 Å². The number of amides is 1. The molecule has 1 aliphatic rings. The molecule has 2 aromatic heterocycles. The molecule has 0 atom stereocenters. The topological polar surface area (TPSA) is 63.1 Å². The number of carbonyl (C=O) groups is 1. The minimum absolute atomic E-state index is 0.104. The van der Waals surface area contributed by atoms with Gasteiger partial charge >= 0.3 is 0 Å². The number of nitrogens with one attached hydrogen (secondary N) is 1. The number of hydrogen-bond acceptors (Lipinski definition) is 4. The summed E-state index contributed by atoms with van der Waals surface area (Å²) in [6.45, 7) is 2.21. The van der Waals surface area contributed by atoms with Crippen LogP contribution in [-0.4, -0.2) is 40.1 Å². The molecule has 1 saturated heterocycles. The maximum absolute atomic E-state index is 13.8. The van der Waals surface area contributed by atoms with E-state index in [4.69, 9.17) is 0 Å². The molecule has 0 unspecified atom stereocenters. The van der Waals surface area contributed by atoms with Gasteiger partial charge in [-0.15, -0.1) is 0 Å². The summed E-state index contributed by atoms with van der Waals surface area (Å²) < 4.78 is 15.4. The van der Waals surface area contributed by atoms with Crippen LogP contribution in [-0.2, 0) is 7.05 Å². The first kappa shape index (κ1) is 15.5. The quantitative estimate of drug-likeness (QED) is 0.930. The molecular weight excluding hydrogens is 297 g/mol. The van der Waals surface area contributed by atoms with Gasteiger partial charge in [0.15, 0.2) is 5.82 Å². The van der Waals surface area contributed by atoms with Gasteiger partial charge in [0.05, 0.1) is 24.4 Å². The van der Waals surface area contributed by atoms with Crippen molar-refractivity contribution in [3.63, 3.8) is 0 Å². The number of rotatable bonds is 4. The van der Waals surface area contributed by atoms with E-state index < -0.39 is 0 Å². The largest absolute Gasteiger partial charge is 0.369 e. The number of carbonyl (C=O) groups excluding carboxylic acids is 1. The van der Waals surface area contributed by atoms with Crippen molar-refractivity contribution in [2.24, 2.45) is 13.0 Å². The van der Waals surface area contributed by atoms with Gasteiger partial charge in [0.25, 0.3) is 5.91 Å². The molecule has 1 aliphatic heterocycles. The second-order valence-electron chi connectivity index (χ2n) is 5.86. The molecule has 0 radical (unpaired) electrons. The van der Waals surface area contributed by atoms with Crippen molar-refractivity contribution in [2.45, 2.75) is 12.8 Å². The maximum Gasteiger partial charge on any atom is 0.269 e. The normalized spacial score (nSPS) is 15.7. The molecule has 6 nitrogen and oxygen atoms in total. The summed E-state index contributed by atoms with van der Waals surface area (Å²) in [7, 11) is 1.80. The van der Waals surface area contributed by atoms with Crippen molar-refractivity contribution in [3.05, 3.63) is 42.5 Å². The van der Waals surface area contributed by atoms with E-state index in [9.17, 15) is 9.18 Å². The second-order valence-corrected chi connectivity index (χ2v) is 5.86. The fraction of sp³-hybridized carbons (Fsp3) is 0.438. The Morgan fingerprint density at radius 2 is 2.13 bits per heavy atom. The van der Waals surface area contributed by atoms with Crippen molar-refractivity contribution in [1.29, 1.82) is 0 Å². The molecule has 1 amide bonds. The van der Waals surface area contributed by atoms with E-state index >= 15 is 0 Å². The van der Waals surface area contributed by atoms with Crippen LogP contribution in [0.3, 0.4) is 0 Å². The van der Waals surface area contributed by atoms with E-state index in [1.54, 1.807) is 36.4 Å². The molecule has 7 heteroatoms. The van der Waals surface area contributed by atoms with Crippen molar-refractivity contribution in [1.82, 2.24) is 19.9 Å². The van der Waals surface area contributed by atoms with Gasteiger partial charge in [0, 0.05) is 32.9 Å². The lowest BCUT2D eigenvalue weighted by molar-refractivity contribution is 0.0936. The highest BCUT2D eigenvalue weighted by Crippen LogP contribution is 2.24. The van der Waals surface area contributed by atoms with Crippen molar-refractivity contribution in [2.75, 3.05) is 24.5 Å². The zero-order chi connectivity index (χ0) is 16.2. The Bertz CT molecular complexity index is 679. The standard InChI is InChI=1S/C16H20FN5O/c1-21-11-19-10-15(21)16(23)20-8-12-3-6-22(7-4-12)14-2-5-18-9-13(14)17/h2,5,9-12H,3-4,6-8H2,1H3,(H,20,23). The maximum atomic E-state index is 13.8. The summed E-state index contributed by atoms with van der Waals surface area (Å²) >= 11 is 0. The first-order valence-corrected chi connectivity index (χ1v) is 7.74. The molecule has 3 rings (SSSR count). The van der Waals surface area contributed by atoms with E-state index in [-0.39, 0.29) is 11.7 Å². The fourth-order valence-electron chi connectivity index (χ4n) is 2.91. The average Bonchev–Trinajstić information content (AvgIpc) is 3.00. The van der Waals surface area contributed by atoms with Crippen LogP contribution in [0.4, 0.5) is 10.1 Å². The van der Waals surface area contributed by atoms with Gasteiger partial charge in [-0.2, -0.15) is 0 Å². The van der Waals surface area contributed by atoms with Crippen molar-refractivity contribution in [3.8, 4) is 0 Å². The molecule has 0 aromatic carbocycles. The number of anilines is 1. The number of hydrogen-bond donors (Lipinski definition) is 1. The highest BCUT2D eigenvalue weighted by atomic mass is 19.1. The smallest absolute Gasteiger partial charge is 0.269 e. The molecule has 1 N–H and O–H groups in total. The third kappa shape index (κ3) is 3.49. The van der Waals surface area contributed by atoms with Crippen LogP contribution < -0.4 is 10.2 Å². The van der Waals surface area contributed by atoms with Crippen LogP contribution in [0.5, 0.6) is 0 Å². The lowest BCUT2D eigenvalue weighted by Gasteiger charge is -2.33. The number of nitrogens with zero attached hydrogens (tertiary/aromatic N) is 4. The average molecular weight is 317 g/mol. The van der Waals surface area contributed by atoms with Gasteiger partial charge < -0.3 is 14.8 Å². The Labute approximate surface area is 134 Å². The molecule has 1 fully saturated rings. The predicted octanol–water partition coefficient (Wildman–Crippen LogP) is 1.60. The highest BCUT2D eigenvalue weighted by molar-refractivity contribution is 5.92. The number of halogens is 1. The third-order valence-electron chi connectivity index (χ3n) is 4.31. The van der Waals surface area contributed by atoms with E-state index in [1.165, 1.54) is 6.20 Å². The van der Waals surface area contributed by atoms with E-state index in [1.807, 2.05) is 4.90 Å². The van der Waals surface area contributed by atoms with Crippen LogP contribution in [0.1, 0.15) is 23.3 Å². The summed E-state index contributed by atoms with van der Waals surface area (Å²) in [6, 6.07) is 1.71. The first-order chi connectivity index (χ1) is 11.1. The van der Waals surface area contributed by atoms with Gasteiger partial charge in [-0.05, 0) is 24.8 Å². The summed E-state index contributed by atoms with van der Waals surface area (Å²) in [5, 5.41) is 2.96. The molecule has 23 heavy (non-hydrogen) atoms. The van der Waals surface area contributed by atoms with Crippen LogP contribution in [0.15, 0.2) is 31.0 Å². The fourth-order valence-corrected chi connectivity index (χ4v) is 2.91. The number of aryl methyl sites for hydroxylation is 1. The van der Waals surface area contributed by atoms with E-state index in [2.05, 4.69) is 15.3 Å².